The third-order valence-electron chi connectivity index (χ3n) is 10.8. The number of nitrogens with zero attached hydrogens (tertiary/aromatic N) is 4. The van der Waals surface area contributed by atoms with Crippen LogP contribution < -0.4 is 0 Å². The lowest BCUT2D eigenvalue weighted by Crippen LogP contribution is -2.28. The fourth-order valence-electron chi connectivity index (χ4n) is 8.27. The summed E-state index contributed by atoms with van der Waals surface area (Å²) >= 11 is 0. The topological polar surface area (TPSA) is 51.6 Å². The number of fused-ring (bicyclic) bond motifs is 3. The summed E-state index contributed by atoms with van der Waals surface area (Å²) in [7, 11) is 0. The van der Waals surface area contributed by atoms with E-state index >= 15 is 0 Å². The molecule has 0 spiro atoms. The summed E-state index contributed by atoms with van der Waals surface area (Å²) in [6.45, 7) is 0. The minimum Gasteiger partial charge on any atom is -0.264 e. The van der Waals surface area contributed by atoms with Gasteiger partial charge in [0.2, 0.25) is 0 Å². The SMILES string of the molecule is c1ccc(C2(c3ccccc3)c3ccccc3-c3cc(-c4ncc(-c5ccc(-c6cccnc6)cc5)c(-c5ccc(-c6cccnc6)cc5)n4)ccc32)cc1. The van der Waals surface area contributed by atoms with Gasteiger partial charge in [0.25, 0.3) is 0 Å². The molecule has 258 valence electrons. The zero-order valence-electron chi connectivity index (χ0n) is 29.9. The molecule has 0 saturated carbocycles. The highest BCUT2D eigenvalue weighted by Crippen LogP contribution is 2.56. The van der Waals surface area contributed by atoms with Gasteiger partial charge in [-0.3, -0.25) is 9.97 Å². The first-order chi connectivity index (χ1) is 27.3. The Hall–Kier alpha value is -7.30. The molecule has 0 N–H and O–H groups in total. The van der Waals surface area contributed by atoms with Crippen LogP contribution in [0.25, 0.3) is 67.2 Å². The van der Waals surface area contributed by atoms with Crippen LogP contribution >= 0.6 is 0 Å². The number of aromatic nitrogens is 4. The lowest BCUT2D eigenvalue weighted by Gasteiger charge is -2.33. The molecule has 0 atom stereocenters. The van der Waals surface area contributed by atoms with Crippen molar-refractivity contribution >= 4 is 0 Å². The Bertz CT molecular complexity index is 2730. The minimum absolute atomic E-state index is 0.457. The molecule has 4 heteroatoms. The van der Waals surface area contributed by atoms with Gasteiger partial charge in [-0.2, -0.15) is 0 Å². The molecule has 1 aliphatic rings. The Kier molecular flexibility index (Phi) is 8.00. The summed E-state index contributed by atoms with van der Waals surface area (Å²) in [4.78, 5) is 19.1. The molecule has 0 bridgehead atoms. The molecule has 55 heavy (non-hydrogen) atoms. The van der Waals surface area contributed by atoms with E-state index in [4.69, 9.17) is 9.97 Å². The van der Waals surface area contributed by atoms with Crippen LogP contribution in [0.4, 0.5) is 0 Å². The van der Waals surface area contributed by atoms with Gasteiger partial charge in [-0.15, -0.1) is 0 Å². The van der Waals surface area contributed by atoms with Crippen molar-refractivity contribution in [3.8, 4) is 67.2 Å². The van der Waals surface area contributed by atoms with Crippen molar-refractivity contribution in [1.29, 1.82) is 0 Å². The number of rotatable bonds is 7. The van der Waals surface area contributed by atoms with Gasteiger partial charge in [0, 0.05) is 47.7 Å². The van der Waals surface area contributed by atoms with Gasteiger partial charge in [0.05, 0.1) is 11.1 Å². The molecule has 0 aliphatic heterocycles. The smallest absolute Gasteiger partial charge is 0.159 e. The first-order valence-electron chi connectivity index (χ1n) is 18.5. The summed E-state index contributed by atoms with van der Waals surface area (Å²) < 4.78 is 0. The summed E-state index contributed by atoms with van der Waals surface area (Å²) in [6, 6.07) is 62.6. The number of hydrogen-bond acceptors (Lipinski definition) is 4. The van der Waals surface area contributed by atoms with Crippen molar-refractivity contribution < 1.29 is 0 Å². The highest BCUT2D eigenvalue weighted by Gasteiger charge is 2.46. The maximum atomic E-state index is 5.37. The largest absolute Gasteiger partial charge is 0.264 e. The van der Waals surface area contributed by atoms with Gasteiger partial charge in [0.15, 0.2) is 5.82 Å². The van der Waals surface area contributed by atoms with E-state index in [1.165, 1.54) is 33.4 Å². The van der Waals surface area contributed by atoms with Crippen LogP contribution in [0.15, 0.2) is 207 Å². The van der Waals surface area contributed by atoms with Gasteiger partial charge in [-0.1, -0.05) is 158 Å². The van der Waals surface area contributed by atoms with Crippen LogP contribution in [0, 0.1) is 0 Å². The maximum Gasteiger partial charge on any atom is 0.159 e. The molecule has 9 aromatic rings. The highest BCUT2D eigenvalue weighted by atomic mass is 14.9. The average Bonchev–Trinajstić information content (AvgIpc) is 3.58. The Morgan fingerprint density at radius 3 is 1.47 bits per heavy atom. The molecule has 0 amide bonds. The lowest BCUT2D eigenvalue weighted by molar-refractivity contribution is 0.768. The predicted molar refractivity (Wildman–Crippen MR) is 222 cm³/mol. The van der Waals surface area contributed by atoms with E-state index in [1.54, 1.807) is 12.4 Å². The monoisotopic (exact) mass is 702 g/mol. The van der Waals surface area contributed by atoms with Crippen LogP contribution in [0.1, 0.15) is 22.3 Å². The van der Waals surface area contributed by atoms with E-state index in [0.717, 1.165) is 50.2 Å². The fourth-order valence-corrected chi connectivity index (χ4v) is 8.27. The van der Waals surface area contributed by atoms with Crippen molar-refractivity contribution in [3.63, 3.8) is 0 Å². The molecule has 4 nitrogen and oxygen atoms in total. The summed E-state index contributed by atoms with van der Waals surface area (Å²) in [6.07, 6.45) is 9.35. The number of pyridine rings is 2. The molecular weight excluding hydrogens is 669 g/mol. The second kappa shape index (κ2) is 13.6. The van der Waals surface area contributed by atoms with Crippen molar-refractivity contribution in [2.45, 2.75) is 5.41 Å². The highest BCUT2D eigenvalue weighted by molar-refractivity contribution is 5.89. The molecule has 0 unspecified atom stereocenters. The van der Waals surface area contributed by atoms with Gasteiger partial charge < -0.3 is 0 Å². The predicted octanol–water partition coefficient (Wildman–Crippen LogP) is 12.0. The van der Waals surface area contributed by atoms with E-state index in [9.17, 15) is 0 Å². The van der Waals surface area contributed by atoms with E-state index < -0.39 is 5.41 Å². The van der Waals surface area contributed by atoms with E-state index in [2.05, 4.69) is 174 Å². The van der Waals surface area contributed by atoms with E-state index in [-0.39, 0.29) is 0 Å². The van der Waals surface area contributed by atoms with Gasteiger partial charge in [-0.25, -0.2) is 9.97 Å². The third kappa shape index (κ3) is 5.55. The second-order valence-electron chi connectivity index (χ2n) is 13.9. The zero-order chi connectivity index (χ0) is 36.6. The molecule has 10 rings (SSSR count). The minimum atomic E-state index is -0.457. The molecule has 3 heterocycles. The summed E-state index contributed by atoms with van der Waals surface area (Å²) in [5.41, 5.74) is 16.2. The Balaban J connectivity index is 1.12. The first kappa shape index (κ1) is 32.4. The quantitative estimate of drug-likeness (QED) is 0.166. The van der Waals surface area contributed by atoms with Crippen LogP contribution in [-0.2, 0) is 5.41 Å². The Labute approximate surface area is 320 Å². The maximum absolute atomic E-state index is 5.37. The van der Waals surface area contributed by atoms with Crippen LogP contribution in [-0.4, -0.2) is 19.9 Å². The van der Waals surface area contributed by atoms with Crippen molar-refractivity contribution in [1.82, 2.24) is 19.9 Å². The van der Waals surface area contributed by atoms with Gasteiger partial charge >= 0.3 is 0 Å². The fraction of sp³-hybridized carbons (Fsp3) is 0.0196. The van der Waals surface area contributed by atoms with Gasteiger partial charge in [-0.05, 0) is 79.4 Å². The standard InChI is InChI=1S/C51H34N4/c1-3-13-42(14-4-1)51(43-15-5-2-6-16-43)47-18-8-7-17-44(47)45-31-39(27-28-48(45)51)50-54-34-46(37-23-19-35(20-24-37)40-11-9-29-52-32-40)49(55-50)38-25-21-36(22-26-38)41-12-10-30-53-33-41/h1-34H. The summed E-state index contributed by atoms with van der Waals surface area (Å²) in [5, 5.41) is 0. The number of hydrogen-bond donors (Lipinski definition) is 0. The average molecular weight is 703 g/mol. The van der Waals surface area contributed by atoms with Crippen LogP contribution in [0.3, 0.4) is 0 Å². The third-order valence-corrected chi connectivity index (χ3v) is 10.8. The molecule has 0 radical (unpaired) electrons. The van der Waals surface area contributed by atoms with Crippen molar-refractivity contribution in [2.24, 2.45) is 0 Å². The van der Waals surface area contributed by atoms with Crippen molar-refractivity contribution in [2.75, 3.05) is 0 Å². The molecule has 6 aromatic carbocycles. The molecule has 0 saturated heterocycles. The van der Waals surface area contributed by atoms with E-state index in [1.807, 2.05) is 30.7 Å². The molecule has 3 aromatic heterocycles. The van der Waals surface area contributed by atoms with Gasteiger partial charge in [0.1, 0.15) is 0 Å². The first-order valence-corrected chi connectivity index (χ1v) is 18.5. The molecular formula is C51H34N4. The number of benzene rings is 6. The zero-order valence-corrected chi connectivity index (χ0v) is 29.9. The Morgan fingerprint density at radius 2 is 0.873 bits per heavy atom. The van der Waals surface area contributed by atoms with Crippen molar-refractivity contribution in [3.05, 3.63) is 229 Å². The molecule has 0 fully saturated rings. The second-order valence-corrected chi connectivity index (χ2v) is 13.9. The van der Waals surface area contributed by atoms with Crippen LogP contribution in [0.2, 0.25) is 0 Å². The normalized spacial score (nSPS) is 12.5. The summed E-state index contributed by atoms with van der Waals surface area (Å²) in [5.74, 6) is 0.680. The lowest BCUT2D eigenvalue weighted by atomic mass is 9.67. The molecule has 1 aliphatic carbocycles. The Morgan fingerprint density at radius 1 is 0.345 bits per heavy atom. The van der Waals surface area contributed by atoms with E-state index in [0.29, 0.717) is 5.82 Å². The van der Waals surface area contributed by atoms with Crippen LogP contribution in [0.5, 0.6) is 0 Å².